The normalized spacial score (nSPS) is 21.6. The van der Waals surface area contributed by atoms with Crippen LogP contribution in [0.15, 0.2) is 22.7 Å². The van der Waals surface area contributed by atoms with Crippen molar-refractivity contribution < 1.29 is 14.7 Å². The number of hydrogen-bond acceptors (Lipinski definition) is 2. The number of aliphatic carboxylic acids is 1. The average Bonchev–Trinajstić information content (AvgIpc) is 2.41. The molecule has 0 aromatic heterocycles. The maximum absolute atomic E-state index is 12.5. The quantitative estimate of drug-likeness (QED) is 0.910. The average molecular weight is 352 g/mol. The van der Waals surface area contributed by atoms with Gasteiger partial charge in [-0.25, -0.2) is 4.79 Å². The van der Waals surface area contributed by atoms with Gasteiger partial charge >= 0.3 is 5.97 Å². The smallest absolute Gasteiger partial charge is 0.326 e. The molecule has 21 heavy (non-hydrogen) atoms. The minimum absolute atomic E-state index is 0.0160. The second-order valence-corrected chi connectivity index (χ2v) is 6.81. The Balaban J connectivity index is 1.84. The van der Waals surface area contributed by atoms with E-state index in [2.05, 4.69) is 15.9 Å². The molecular weight excluding hydrogens is 334 g/mol. The van der Waals surface area contributed by atoms with Gasteiger partial charge in [0.05, 0.1) is 0 Å². The molecule has 1 heterocycles. The van der Waals surface area contributed by atoms with Crippen LogP contribution in [0.1, 0.15) is 36.8 Å². The molecule has 0 spiro atoms. The number of halogens is 1. The van der Waals surface area contributed by atoms with Crippen LogP contribution in [0, 0.1) is 5.92 Å². The van der Waals surface area contributed by atoms with Crippen molar-refractivity contribution in [2.75, 3.05) is 0 Å². The first kappa shape index (κ1) is 14.6. The van der Waals surface area contributed by atoms with Gasteiger partial charge in [-0.2, -0.15) is 0 Å². The number of hydrogen-bond donors (Lipinski definition) is 1. The van der Waals surface area contributed by atoms with Crippen molar-refractivity contribution in [3.63, 3.8) is 0 Å². The van der Waals surface area contributed by atoms with E-state index in [4.69, 9.17) is 0 Å². The lowest BCUT2D eigenvalue weighted by Gasteiger charge is -2.36. The van der Waals surface area contributed by atoms with Gasteiger partial charge in [-0.1, -0.05) is 34.5 Å². The van der Waals surface area contributed by atoms with Crippen molar-refractivity contribution in [3.8, 4) is 0 Å². The molecule has 1 atom stereocenters. The molecule has 1 aliphatic carbocycles. The summed E-state index contributed by atoms with van der Waals surface area (Å²) in [5.74, 6) is -0.480. The molecule has 1 fully saturated rings. The van der Waals surface area contributed by atoms with E-state index < -0.39 is 12.0 Å². The molecule has 112 valence electrons. The highest BCUT2D eigenvalue weighted by Gasteiger charge is 2.36. The highest BCUT2D eigenvalue weighted by atomic mass is 79.9. The fraction of sp³-hybridized carbons (Fsp3) is 0.500. The summed E-state index contributed by atoms with van der Waals surface area (Å²) >= 11 is 3.48. The number of nitrogens with zero attached hydrogens (tertiary/aromatic N) is 1. The Labute approximate surface area is 132 Å². The van der Waals surface area contributed by atoms with Crippen LogP contribution in [-0.4, -0.2) is 27.9 Å². The summed E-state index contributed by atoms with van der Waals surface area (Å²) < 4.78 is 0.928. The lowest BCUT2D eigenvalue weighted by Crippen LogP contribution is -2.49. The second-order valence-electron chi connectivity index (χ2n) is 5.96. The third kappa shape index (κ3) is 2.84. The summed E-state index contributed by atoms with van der Waals surface area (Å²) in [7, 11) is 0. The molecule has 0 bridgehead atoms. The van der Waals surface area contributed by atoms with Crippen LogP contribution in [0.2, 0.25) is 0 Å². The van der Waals surface area contributed by atoms with E-state index >= 15 is 0 Å². The van der Waals surface area contributed by atoms with Crippen LogP contribution < -0.4 is 0 Å². The summed E-state index contributed by atoms with van der Waals surface area (Å²) in [4.78, 5) is 25.6. The molecule has 1 aliphatic heterocycles. The molecule has 1 unspecified atom stereocenters. The molecule has 1 N–H and O–H groups in total. The first-order valence-corrected chi connectivity index (χ1v) is 8.14. The second kappa shape index (κ2) is 5.79. The number of fused-ring (bicyclic) bond motifs is 1. The van der Waals surface area contributed by atoms with Gasteiger partial charge in [-0.05, 0) is 36.0 Å². The van der Waals surface area contributed by atoms with Gasteiger partial charge in [0.2, 0.25) is 5.91 Å². The molecule has 1 aromatic carbocycles. The molecule has 1 amide bonds. The lowest BCUT2D eigenvalue weighted by molar-refractivity contribution is -0.152. The molecule has 0 saturated heterocycles. The largest absolute Gasteiger partial charge is 0.480 e. The summed E-state index contributed by atoms with van der Waals surface area (Å²) in [5.41, 5.74) is 2.06. The molecular formula is C16H18BrNO3. The highest BCUT2D eigenvalue weighted by Crippen LogP contribution is 2.33. The predicted molar refractivity (Wildman–Crippen MR) is 81.8 cm³/mol. The summed E-state index contributed by atoms with van der Waals surface area (Å²) in [6, 6.07) is 5.08. The SMILES string of the molecule is O=C(O)C1Cc2c(Br)cccc2CN1C(=O)CC1CCC1. The van der Waals surface area contributed by atoms with E-state index in [1.807, 2.05) is 18.2 Å². The van der Waals surface area contributed by atoms with Gasteiger partial charge in [0.1, 0.15) is 6.04 Å². The number of rotatable bonds is 3. The minimum atomic E-state index is -0.918. The molecule has 4 nitrogen and oxygen atoms in total. The summed E-state index contributed by atoms with van der Waals surface area (Å²) in [6.45, 7) is 0.400. The third-order valence-electron chi connectivity index (χ3n) is 4.62. The van der Waals surface area contributed by atoms with Crippen molar-refractivity contribution in [3.05, 3.63) is 33.8 Å². The van der Waals surface area contributed by atoms with E-state index in [0.717, 1.165) is 28.4 Å². The summed E-state index contributed by atoms with van der Waals surface area (Å²) in [5, 5.41) is 9.47. The summed E-state index contributed by atoms with van der Waals surface area (Å²) in [6.07, 6.45) is 4.25. The van der Waals surface area contributed by atoms with Crippen molar-refractivity contribution in [2.24, 2.45) is 5.92 Å². The zero-order valence-corrected chi connectivity index (χ0v) is 13.3. The molecule has 0 radical (unpaired) electrons. The molecule has 3 rings (SSSR count). The zero-order valence-electron chi connectivity index (χ0n) is 11.7. The molecule has 1 saturated carbocycles. The Bertz CT molecular complexity index is 583. The number of carbonyl (C=O) groups is 2. The fourth-order valence-electron chi connectivity index (χ4n) is 3.12. The van der Waals surface area contributed by atoms with Gasteiger partial charge < -0.3 is 10.0 Å². The maximum Gasteiger partial charge on any atom is 0.326 e. The Morgan fingerprint density at radius 1 is 1.33 bits per heavy atom. The first-order chi connectivity index (χ1) is 10.1. The van der Waals surface area contributed by atoms with E-state index in [-0.39, 0.29) is 5.91 Å². The number of benzene rings is 1. The molecule has 2 aliphatic rings. The highest BCUT2D eigenvalue weighted by molar-refractivity contribution is 9.10. The van der Waals surface area contributed by atoms with Crippen LogP contribution in [-0.2, 0) is 22.6 Å². The fourth-order valence-corrected chi connectivity index (χ4v) is 3.69. The van der Waals surface area contributed by atoms with Gasteiger partial charge in [0, 0.05) is 23.9 Å². The van der Waals surface area contributed by atoms with Crippen LogP contribution >= 0.6 is 15.9 Å². The Morgan fingerprint density at radius 3 is 2.71 bits per heavy atom. The zero-order chi connectivity index (χ0) is 15.0. The maximum atomic E-state index is 12.5. The van der Waals surface area contributed by atoms with Crippen LogP contribution in [0.5, 0.6) is 0 Å². The van der Waals surface area contributed by atoms with E-state index in [9.17, 15) is 14.7 Å². The van der Waals surface area contributed by atoms with Crippen molar-refractivity contribution >= 4 is 27.8 Å². The van der Waals surface area contributed by atoms with Crippen LogP contribution in [0.25, 0.3) is 0 Å². The monoisotopic (exact) mass is 351 g/mol. The molecule has 5 heteroatoms. The predicted octanol–water partition coefficient (Wildman–Crippen LogP) is 2.98. The van der Waals surface area contributed by atoms with Gasteiger partial charge in [-0.15, -0.1) is 0 Å². The Hall–Kier alpha value is -1.36. The third-order valence-corrected chi connectivity index (χ3v) is 5.37. The number of carboxylic acid groups (broad SMARTS) is 1. The standard InChI is InChI=1S/C16H18BrNO3/c17-13-6-2-5-11-9-18(14(16(20)21)8-12(11)13)15(19)7-10-3-1-4-10/h2,5-6,10,14H,1,3-4,7-9H2,(H,20,21). The van der Waals surface area contributed by atoms with Gasteiger partial charge in [0.15, 0.2) is 0 Å². The Morgan fingerprint density at radius 2 is 2.10 bits per heavy atom. The van der Waals surface area contributed by atoms with Gasteiger partial charge in [0.25, 0.3) is 0 Å². The topological polar surface area (TPSA) is 57.6 Å². The van der Waals surface area contributed by atoms with E-state index in [1.54, 1.807) is 4.90 Å². The van der Waals surface area contributed by atoms with Crippen LogP contribution in [0.4, 0.5) is 0 Å². The van der Waals surface area contributed by atoms with Crippen molar-refractivity contribution in [1.82, 2.24) is 4.90 Å². The van der Waals surface area contributed by atoms with Crippen molar-refractivity contribution in [1.29, 1.82) is 0 Å². The van der Waals surface area contributed by atoms with E-state index in [0.29, 0.717) is 25.3 Å². The van der Waals surface area contributed by atoms with Crippen LogP contribution in [0.3, 0.4) is 0 Å². The number of carboxylic acids is 1. The minimum Gasteiger partial charge on any atom is -0.480 e. The number of amides is 1. The first-order valence-electron chi connectivity index (χ1n) is 7.35. The van der Waals surface area contributed by atoms with E-state index in [1.165, 1.54) is 6.42 Å². The molecule has 1 aromatic rings. The Kier molecular flexibility index (Phi) is 4.02. The number of carbonyl (C=O) groups excluding carboxylic acids is 1. The van der Waals surface area contributed by atoms with Gasteiger partial charge in [-0.3, -0.25) is 4.79 Å². The lowest BCUT2D eigenvalue weighted by atomic mass is 9.82. The van der Waals surface area contributed by atoms with Crippen molar-refractivity contribution in [2.45, 2.75) is 44.7 Å².